The number of aliphatic hydroxyl groups excluding tert-OH is 1. The standard InChI is InChI=1S/C14H17F3N2O2/c15-14(16,17)8-18-5-1-2-12(18)13(21)19-9-3-4-10(19)7-11(20)6-9/h1-2,5,9-11,20H,3-4,6-8H2. The molecule has 2 atom stereocenters. The van der Waals surface area contributed by atoms with Crippen molar-refractivity contribution in [3.63, 3.8) is 0 Å². The van der Waals surface area contributed by atoms with Gasteiger partial charge in [-0.1, -0.05) is 0 Å². The summed E-state index contributed by atoms with van der Waals surface area (Å²) in [5.74, 6) is -0.358. The van der Waals surface area contributed by atoms with Crippen LogP contribution >= 0.6 is 0 Å². The fourth-order valence-electron chi connectivity index (χ4n) is 3.55. The van der Waals surface area contributed by atoms with Crippen molar-refractivity contribution in [2.24, 2.45) is 0 Å². The van der Waals surface area contributed by atoms with Crippen LogP contribution in [0.25, 0.3) is 0 Å². The van der Waals surface area contributed by atoms with E-state index in [4.69, 9.17) is 0 Å². The van der Waals surface area contributed by atoms with Crippen LogP contribution in [0.5, 0.6) is 0 Å². The quantitative estimate of drug-likeness (QED) is 0.910. The topological polar surface area (TPSA) is 45.5 Å². The van der Waals surface area contributed by atoms with Crippen molar-refractivity contribution < 1.29 is 23.1 Å². The highest BCUT2D eigenvalue weighted by molar-refractivity contribution is 5.93. The van der Waals surface area contributed by atoms with Gasteiger partial charge < -0.3 is 14.6 Å². The van der Waals surface area contributed by atoms with Crippen LogP contribution in [0.2, 0.25) is 0 Å². The van der Waals surface area contributed by atoms with E-state index in [0.717, 1.165) is 17.4 Å². The number of amides is 1. The third-order valence-electron chi connectivity index (χ3n) is 4.34. The molecule has 21 heavy (non-hydrogen) atoms. The van der Waals surface area contributed by atoms with Crippen molar-refractivity contribution >= 4 is 5.91 Å². The number of hydrogen-bond donors (Lipinski definition) is 1. The fraction of sp³-hybridized carbons (Fsp3) is 0.643. The Labute approximate surface area is 120 Å². The Morgan fingerprint density at radius 3 is 2.48 bits per heavy atom. The number of fused-ring (bicyclic) bond motifs is 2. The molecule has 0 aromatic carbocycles. The fourth-order valence-corrected chi connectivity index (χ4v) is 3.55. The highest BCUT2D eigenvalue weighted by Crippen LogP contribution is 2.37. The average molecular weight is 302 g/mol. The lowest BCUT2D eigenvalue weighted by molar-refractivity contribution is -0.140. The number of rotatable bonds is 2. The number of carbonyl (C=O) groups excluding carboxylic acids is 1. The van der Waals surface area contributed by atoms with Crippen molar-refractivity contribution in [1.29, 1.82) is 0 Å². The van der Waals surface area contributed by atoms with Gasteiger partial charge in [-0.3, -0.25) is 4.79 Å². The molecule has 0 aliphatic carbocycles. The number of alkyl halides is 3. The second kappa shape index (κ2) is 5.05. The third-order valence-corrected chi connectivity index (χ3v) is 4.34. The van der Waals surface area contributed by atoms with Gasteiger partial charge in [-0.05, 0) is 37.8 Å². The van der Waals surface area contributed by atoms with E-state index in [1.165, 1.54) is 18.3 Å². The first-order chi connectivity index (χ1) is 9.85. The third kappa shape index (κ3) is 2.79. The van der Waals surface area contributed by atoms with E-state index >= 15 is 0 Å². The van der Waals surface area contributed by atoms with Crippen molar-refractivity contribution in [1.82, 2.24) is 9.47 Å². The number of halogens is 3. The molecule has 3 rings (SSSR count). The number of hydrogen-bond acceptors (Lipinski definition) is 2. The molecule has 1 aromatic heterocycles. The van der Waals surface area contributed by atoms with E-state index < -0.39 is 18.8 Å². The normalized spacial score (nSPS) is 29.0. The minimum absolute atomic E-state index is 0.0551. The van der Waals surface area contributed by atoms with Crippen LogP contribution in [0.1, 0.15) is 36.2 Å². The van der Waals surface area contributed by atoms with Gasteiger partial charge >= 0.3 is 6.18 Å². The predicted molar refractivity (Wildman–Crippen MR) is 68.7 cm³/mol. The van der Waals surface area contributed by atoms with Gasteiger partial charge in [-0.15, -0.1) is 0 Å². The van der Waals surface area contributed by atoms with Gasteiger partial charge in [-0.2, -0.15) is 13.2 Å². The van der Waals surface area contributed by atoms with Crippen LogP contribution in [0.4, 0.5) is 13.2 Å². The molecule has 0 radical (unpaired) electrons. The highest BCUT2D eigenvalue weighted by atomic mass is 19.4. The molecule has 2 unspecified atom stereocenters. The average Bonchev–Trinajstić information content (AvgIpc) is 2.90. The summed E-state index contributed by atoms with van der Waals surface area (Å²) in [5.41, 5.74) is 0.0700. The largest absolute Gasteiger partial charge is 0.406 e. The van der Waals surface area contributed by atoms with Crippen LogP contribution in [0.15, 0.2) is 18.3 Å². The van der Waals surface area contributed by atoms with Crippen LogP contribution in [-0.4, -0.2) is 44.8 Å². The molecule has 0 saturated carbocycles. The first-order valence-electron chi connectivity index (χ1n) is 7.08. The summed E-state index contributed by atoms with van der Waals surface area (Å²) >= 11 is 0. The van der Waals surface area contributed by atoms with Gasteiger partial charge in [0.15, 0.2) is 0 Å². The maximum Gasteiger partial charge on any atom is 0.406 e. The first-order valence-corrected chi connectivity index (χ1v) is 7.08. The van der Waals surface area contributed by atoms with Gasteiger partial charge in [0.1, 0.15) is 12.2 Å². The van der Waals surface area contributed by atoms with E-state index in [1.807, 2.05) is 0 Å². The second-order valence-corrected chi connectivity index (χ2v) is 5.86. The van der Waals surface area contributed by atoms with Gasteiger partial charge in [0.25, 0.3) is 5.91 Å². The zero-order chi connectivity index (χ0) is 15.2. The zero-order valence-corrected chi connectivity index (χ0v) is 11.4. The molecule has 2 saturated heterocycles. The Hall–Kier alpha value is -1.50. The molecule has 2 bridgehead atoms. The number of nitrogens with zero attached hydrogens (tertiary/aromatic N) is 2. The highest BCUT2D eigenvalue weighted by Gasteiger charge is 2.43. The first kappa shape index (κ1) is 14.4. The predicted octanol–water partition coefficient (Wildman–Crippen LogP) is 2.18. The molecule has 2 fully saturated rings. The van der Waals surface area contributed by atoms with E-state index in [1.54, 1.807) is 4.90 Å². The lowest BCUT2D eigenvalue weighted by Gasteiger charge is -2.37. The lowest BCUT2D eigenvalue weighted by Crippen LogP contribution is -2.48. The van der Waals surface area contributed by atoms with Gasteiger partial charge in [0, 0.05) is 18.3 Å². The van der Waals surface area contributed by atoms with Crippen LogP contribution in [0.3, 0.4) is 0 Å². The molecule has 3 heterocycles. The molecular weight excluding hydrogens is 285 g/mol. The second-order valence-electron chi connectivity index (χ2n) is 5.86. The number of piperidine rings is 1. The Morgan fingerprint density at radius 2 is 1.90 bits per heavy atom. The summed E-state index contributed by atoms with van der Waals surface area (Å²) in [6.07, 6.45) is -0.828. The number of carbonyl (C=O) groups is 1. The molecule has 4 nitrogen and oxygen atoms in total. The summed E-state index contributed by atoms with van der Waals surface area (Å²) in [4.78, 5) is 14.3. The molecule has 0 spiro atoms. The molecule has 1 aromatic rings. The number of aliphatic hydroxyl groups is 1. The van der Waals surface area contributed by atoms with E-state index in [-0.39, 0.29) is 23.7 Å². The molecule has 116 valence electrons. The molecule has 2 aliphatic rings. The van der Waals surface area contributed by atoms with Gasteiger partial charge in [0.2, 0.25) is 0 Å². The van der Waals surface area contributed by atoms with Crippen molar-refractivity contribution in [3.8, 4) is 0 Å². The van der Waals surface area contributed by atoms with Crippen LogP contribution < -0.4 is 0 Å². The minimum atomic E-state index is -4.36. The van der Waals surface area contributed by atoms with Crippen LogP contribution in [0, 0.1) is 0 Å². The number of aromatic nitrogens is 1. The molecular formula is C14H17F3N2O2. The van der Waals surface area contributed by atoms with Crippen molar-refractivity contribution in [3.05, 3.63) is 24.0 Å². The van der Waals surface area contributed by atoms with Crippen molar-refractivity contribution in [2.45, 2.75) is 56.6 Å². The Kier molecular flexibility index (Phi) is 3.47. The molecule has 1 N–H and O–H groups in total. The Balaban J connectivity index is 1.82. The SMILES string of the molecule is O=C(c1cccn1CC(F)(F)F)N1C2CCC1CC(O)C2. The van der Waals surface area contributed by atoms with Crippen LogP contribution in [-0.2, 0) is 6.54 Å². The monoisotopic (exact) mass is 302 g/mol. The smallest absolute Gasteiger partial charge is 0.393 e. The summed E-state index contributed by atoms with van der Waals surface area (Å²) in [6.45, 7) is -1.16. The molecule has 2 aliphatic heterocycles. The lowest BCUT2D eigenvalue weighted by atomic mass is 9.99. The van der Waals surface area contributed by atoms with E-state index in [2.05, 4.69) is 0 Å². The Bertz CT molecular complexity index is 527. The minimum Gasteiger partial charge on any atom is -0.393 e. The zero-order valence-electron chi connectivity index (χ0n) is 11.4. The van der Waals surface area contributed by atoms with E-state index in [0.29, 0.717) is 12.8 Å². The summed E-state index contributed by atoms with van der Waals surface area (Å²) in [7, 11) is 0. The van der Waals surface area contributed by atoms with Gasteiger partial charge in [0.05, 0.1) is 6.10 Å². The Morgan fingerprint density at radius 1 is 1.29 bits per heavy atom. The van der Waals surface area contributed by atoms with E-state index in [9.17, 15) is 23.1 Å². The molecule has 1 amide bonds. The summed E-state index contributed by atoms with van der Waals surface area (Å²) in [5, 5.41) is 9.74. The summed E-state index contributed by atoms with van der Waals surface area (Å²) < 4.78 is 38.6. The maximum atomic E-state index is 12.6. The summed E-state index contributed by atoms with van der Waals surface area (Å²) in [6, 6.07) is 2.78. The van der Waals surface area contributed by atoms with Gasteiger partial charge in [-0.25, -0.2) is 0 Å². The van der Waals surface area contributed by atoms with Crippen molar-refractivity contribution in [2.75, 3.05) is 0 Å². The molecule has 7 heteroatoms. The maximum absolute atomic E-state index is 12.6.